The molecule has 0 aliphatic rings. The Hall–Kier alpha value is -3.66. The summed E-state index contributed by atoms with van der Waals surface area (Å²) < 4.78 is 30.3. The Bertz CT molecular complexity index is 1780. The molecule has 0 aromatic heterocycles. The van der Waals surface area contributed by atoms with E-state index in [1.807, 2.05) is 89.2 Å². The number of aryl methyl sites for hydroxylation is 2. The molecular weight excluding hydrogens is 686 g/mol. The maximum Gasteiger partial charge on any atom is 0.264 e. The summed E-state index contributed by atoms with van der Waals surface area (Å²) in [5, 5.41) is 3.41. The summed E-state index contributed by atoms with van der Waals surface area (Å²) in [5.41, 5.74) is 2.98. The standard InChI is InChI=1S/C36H39BrClN3O4S/c1-25-11-19-31(20-12-25)46(44,45)41(30-18-13-26(2)32(38)22-30)24-34(42)40(23-28-14-16-29(37)17-15-28)33(35(43)39-36(3,4)5)21-27-9-7-6-8-10-27/h6-20,22,33H,21,23-24H2,1-5H3,(H,39,43). The van der Waals surface area contributed by atoms with E-state index in [-0.39, 0.29) is 29.5 Å². The van der Waals surface area contributed by atoms with Crippen molar-refractivity contribution in [3.63, 3.8) is 0 Å². The molecule has 10 heteroatoms. The van der Waals surface area contributed by atoms with Crippen molar-refractivity contribution in [3.05, 3.63) is 129 Å². The summed E-state index contributed by atoms with van der Waals surface area (Å²) in [6, 6.07) is 27.3. The van der Waals surface area contributed by atoms with Crippen LogP contribution in [-0.2, 0) is 32.6 Å². The maximum atomic E-state index is 14.6. The fourth-order valence-electron chi connectivity index (χ4n) is 4.90. The number of carbonyl (C=O) groups is 2. The van der Waals surface area contributed by atoms with Crippen LogP contribution < -0.4 is 9.62 Å². The summed E-state index contributed by atoms with van der Waals surface area (Å²) in [6.07, 6.45) is 0.228. The van der Waals surface area contributed by atoms with Gasteiger partial charge in [0.15, 0.2) is 0 Å². The van der Waals surface area contributed by atoms with E-state index in [0.29, 0.717) is 5.02 Å². The van der Waals surface area contributed by atoms with Crippen molar-refractivity contribution >= 4 is 55.1 Å². The van der Waals surface area contributed by atoms with Crippen molar-refractivity contribution in [2.45, 2.75) is 64.1 Å². The number of rotatable bonds is 11. The van der Waals surface area contributed by atoms with E-state index < -0.39 is 34.1 Å². The lowest BCUT2D eigenvalue weighted by molar-refractivity contribution is -0.140. The van der Waals surface area contributed by atoms with Gasteiger partial charge in [-0.05, 0) is 87.7 Å². The van der Waals surface area contributed by atoms with Gasteiger partial charge in [0.25, 0.3) is 10.0 Å². The molecule has 0 aliphatic carbocycles. The molecule has 2 amide bonds. The fraction of sp³-hybridized carbons (Fsp3) is 0.278. The van der Waals surface area contributed by atoms with Crippen molar-refractivity contribution in [3.8, 4) is 0 Å². The smallest absolute Gasteiger partial charge is 0.264 e. The number of hydrogen-bond donors (Lipinski definition) is 1. The molecule has 4 aromatic rings. The van der Waals surface area contributed by atoms with Crippen molar-refractivity contribution in [2.75, 3.05) is 10.8 Å². The van der Waals surface area contributed by atoms with Crippen LogP contribution >= 0.6 is 27.5 Å². The van der Waals surface area contributed by atoms with E-state index in [0.717, 1.165) is 31.0 Å². The number of nitrogens with zero attached hydrogens (tertiary/aromatic N) is 2. The Morgan fingerprint density at radius 3 is 2.09 bits per heavy atom. The van der Waals surface area contributed by atoms with Crippen molar-refractivity contribution in [1.29, 1.82) is 0 Å². The van der Waals surface area contributed by atoms with E-state index >= 15 is 0 Å². The van der Waals surface area contributed by atoms with E-state index in [1.165, 1.54) is 17.0 Å². The Labute approximate surface area is 285 Å². The molecule has 0 saturated carbocycles. The highest BCUT2D eigenvalue weighted by Gasteiger charge is 2.35. The third-order valence-electron chi connectivity index (χ3n) is 7.37. The van der Waals surface area contributed by atoms with Gasteiger partial charge in [-0.1, -0.05) is 93.8 Å². The molecule has 0 bridgehead atoms. The van der Waals surface area contributed by atoms with Gasteiger partial charge in [-0.25, -0.2) is 8.42 Å². The first-order valence-corrected chi connectivity index (χ1v) is 17.5. The summed E-state index contributed by atoms with van der Waals surface area (Å²) in [6.45, 7) is 8.84. The molecule has 46 heavy (non-hydrogen) atoms. The topological polar surface area (TPSA) is 86.8 Å². The first-order chi connectivity index (χ1) is 21.6. The van der Waals surface area contributed by atoms with Crippen molar-refractivity contribution in [1.82, 2.24) is 10.2 Å². The molecule has 0 spiro atoms. The minimum Gasteiger partial charge on any atom is -0.350 e. The Balaban J connectivity index is 1.83. The fourth-order valence-corrected chi connectivity index (χ4v) is 6.74. The van der Waals surface area contributed by atoms with Crippen molar-refractivity contribution < 1.29 is 18.0 Å². The van der Waals surface area contributed by atoms with Gasteiger partial charge in [0.1, 0.15) is 12.6 Å². The second kappa shape index (κ2) is 14.8. The minimum absolute atomic E-state index is 0.0355. The predicted molar refractivity (Wildman–Crippen MR) is 188 cm³/mol. The summed E-state index contributed by atoms with van der Waals surface area (Å²) in [4.78, 5) is 30.1. The zero-order valence-electron chi connectivity index (χ0n) is 26.6. The predicted octanol–water partition coefficient (Wildman–Crippen LogP) is 7.47. The van der Waals surface area contributed by atoms with Gasteiger partial charge in [0, 0.05) is 28.0 Å². The van der Waals surface area contributed by atoms with Crippen LogP contribution in [0.3, 0.4) is 0 Å². The molecule has 0 radical (unpaired) electrons. The van der Waals surface area contributed by atoms with Crippen LogP contribution in [0, 0.1) is 13.8 Å². The number of nitrogens with one attached hydrogen (secondary N) is 1. The molecule has 0 heterocycles. The van der Waals surface area contributed by atoms with Crippen LogP contribution in [0.1, 0.15) is 43.0 Å². The lowest BCUT2D eigenvalue weighted by atomic mass is 10.0. The molecule has 0 aliphatic heterocycles. The number of benzene rings is 4. The Morgan fingerprint density at radius 1 is 0.870 bits per heavy atom. The monoisotopic (exact) mass is 723 g/mol. The van der Waals surface area contributed by atoms with Crippen LogP contribution in [0.15, 0.2) is 106 Å². The molecule has 1 atom stereocenters. The summed E-state index contributed by atoms with van der Waals surface area (Å²) in [5.74, 6) is -0.881. The van der Waals surface area contributed by atoms with E-state index in [2.05, 4.69) is 21.2 Å². The highest BCUT2D eigenvalue weighted by atomic mass is 79.9. The molecular formula is C36H39BrClN3O4S. The SMILES string of the molecule is Cc1ccc(S(=O)(=O)N(CC(=O)N(Cc2ccc(Br)cc2)C(Cc2ccccc2)C(=O)NC(C)(C)C)c2ccc(C)c(Cl)c2)cc1. The third kappa shape index (κ3) is 9.21. The average molecular weight is 725 g/mol. The molecule has 4 aromatic carbocycles. The first-order valence-electron chi connectivity index (χ1n) is 14.9. The second-order valence-electron chi connectivity index (χ2n) is 12.4. The number of amides is 2. The zero-order valence-corrected chi connectivity index (χ0v) is 29.8. The second-order valence-corrected chi connectivity index (χ2v) is 15.5. The largest absolute Gasteiger partial charge is 0.350 e. The number of sulfonamides is 1. The Morgan fingerprint density at radius 2 is 1.50 bits per heavy atom. The van der Waals surface area contributed by atoms with Crippen LogP contribution in [0.25, 0.3) is 0 Å². The first kappa shape index (κ1) is 35.2. The molecule has 4 rings (SSSR count). The van der Waals surface area contributed by atoms with Crippen LogP contribution in [0.4, 0.5) is 5.69 Å². The average Bonchev–Trinajstić information content (AvgIpc) is 2.99. The zero-order chi connectivity index (χ0) is 33.6. The van der Waals surface area contributed by atoms with Crippen LogP contribution in [0.2, 0.25) is 5.02 Å². The number of halogens is 2. The normalized spacial score (nSPS) is 12.3. The van der Waals surface area contributed by atoms with E-state index in [4.69, 9.17) is 11.6 Å². The third-order valence-corrected chi connectivity index (χ3v) is 10.1. The molecule has 242 valence electrons. The highest BCUT2D eigenvalue weighted by Crippen LogP contribution is 2.29. The van der Waals surface area contributed by atoms with Gasteiger partial charge in [-0.2, -0.15) is 0 Å². The van der Waals surface area contributed by atoms with Crippen LogP contribution in [-0.4, -0.2) is 43.3 Å². The molecule has 1 N–H and O–H groups in total. The van der Waals surface area contributed by atoms with E-state index in [9.17, 15) is 18.0 Å². The number of anilines is 1. The lowest BCUT2D eigenvalue weighted by Crippen LogP contribution is -2.56. The number of hydrogen-bond acceptors (Lipinski definition) is 4. The van der Waals surface area contributed by atoms with E-state index in [1.54, 1.807) is 30.3 Å². The number of carbonyl (C=O) groups excluding carboxylic acids is 2. The molecule has 0 saturated heterocycles. The van der Waals surface area contributed by atoms with Gasteiger partial charge < -0.3 is 10.2 Å². The molecule has 0 fully saturated rings. The highest BCUT2D eigenvalue weighted by molar-refractivity contribution is 9.10. The van der Waals surface area contributed by atoms with Gasteiger partial charge in [-0.15, -0.1) is 0 Å². The maximum absolute atomic E-state index is 14.6. The van der Waals surface area contributed by atoms with Crippen molar-refractivity contribution in [2.24, 2.45) is 0 Å². The van der Waals surface area contributed by atoms with Gasteiger partial charge in [0.2, 0.25) is 11.8 Å². The van der Waals surface area contributed by atoms with Gasteiger partial charge in [-0.3, -0.25) is 13.9 Å². The molecule has 1 unspecified atom stereocenters. The summed E-state index contributed by atoms with van der Waals surface area (Å²) in [7, 11) is -4.22. The van der Waals surface area contributed by atoms with Gasteiger partial charge >= 0.3 is 0 Å². The summed E-state index contributed by atoms with van der Waals surface area (Å²) >= 11 is 9.92. The Kier molecular flexibility index (Phi) is 11.4. The lowest BCUT2D eigenvalue weighted by Gasteiger charge is -2.35. The van der Waals surface area contributed by atoms with Gasteiger partial charge in [0.05, 0.1) is 10.6 Å². The quantitative estimate of drug-likeness (QED) is 0.174. The molecule has 7 nitrogen and oxygen atoms in total. The minimum atomic E-state index is -4.22. The van der Waals surface area contributed by atoms with Crippen LogP contribution in [0.5, 0.6) is 0 Å².